The van der Waals surface area contributed by atoms with Gasteiger partial charge in [0.1, 0.15) is 0 Å². The Labute approximate surface area is 201 Å². The standard InChI is InChI=1S/C23H20F3N5O5/c24-23(25,26)19(33)36-22(12-7-8-16-17(10-12)29-20(28-16)30-21(34)35)15-6-2-1-5-14(15)18(32)31(22)11-13-4-3-9-27-13/h1-2,5-8,10,13,27H,3-4,9,11H2,(H,34,35)(H2,28,29,30). The summed E-state index contributed by atoms with van der Waals surface area (Å²) in [6, 6.07) is 10.1. The molecule has 1 fully saturated rings. The second-order valence-electron chi connectivity index (χ2n) is 8.53. The number of hydrogen-bond acceptors (Lipinski definition) is 6. The lowest BCUT2D eigenvalue weighted by Gasteiger charge is -2.40. The molecular formula is C23H20F3N5O5. The summed E-state index contributed by atoms with van der Waals surface area (Å²) in [6.45, 7) is 0.680. The highest BCUT2D eigenvalue weighted by Gasteiger charge is 2.58. The number of benzene rings is 2. The minimum Gasteiger partial charge on any atom is -0.465 e. The maximum Gasteiger partial charge on any atom is 0.491 e. The lowest BCUT2D eigenvalue weighted by atomic mass is 9.92. The van der Waals surface area contributed by atoms with Gasteiger partial charge in [0.05, 0.1) is 11.0 Å². The number of rotatable bonds is 5. The van der Waals surface area contributed by atoms with Crippen molar-refractivity contribution in [2.24, 2.45) is 0 Å². The summed E-state index contributed by atoms with van der Waals surface area (Å²) < 4.78 is 45.8. The van der Waals surface area contributed by atoms with Crippen LogP contribution in [-0.2, 0) is 15.3 Å². The first kappa shape index (κ1) is 23.6. The number of nitrogens with zero attached hydrogens (tertiary/aromatic N) is 2. The van der Waals surface area contributed by atoms with Gasteiger partial charge in [-0.3, -0.25) is 15.0 Å². The molecule has 4 N–H and O–H groups in total. The lowest BCUT2D eigenvalue weighted by molar-refractivity contribution is -0.222. The Morgan fingerprint density at radius 3 is 2.72 bits per heavy atom. The van der Waals surface area contributed by atoms with E-state index in [9.17, 15) is 27.6 Å². The second kappa shape index (κ2) is 8.52. The molecule has 0 spiro atoms. The third-order valence-electron chi connectivity index (χ3n) is 6.28. The number of aromatic amines is 1. The molecule has 2 aromatic carbocycles. The number of alkyl halides is 3. The predicted molar refractivity (Wildman–Crippen MR) is 119 cm³/mol. The third kappa shape index (κ3) is 3.90. The molecule has 0 saturated carbocycles. The molecule has 0 radical (unpaired) electrons. The van der Waals surface area contributed by atoms with Gasteiger partial charge in [-0.25, -0.2) is 14.6 Å². The molecule has 10 nitrogen and oxygen atoms in total. The highest BCUT2D eigenvalue weighted by molar-refractivity contribution is 6.01. The maximum absolute atomic E-state index is 13.5. The van der Waals surface area contributed by atoms with Crippen molar-refractivity contribution in [3.8, 4) is 0 Å². The Kier molecular flexibility index (Phi) is 5.58. The number of halogens is 3. The summed E-state index contributed by atoms with van der Waals surface area (Å²) in [5, 5.41) is 14.2. The van der Waals surface area contributed by atoms with E-state index in [2.05, 4.69) is 20.6 Å². The van der Waals surface area contributed by atoms with Crippen molar-refractivity contribution >= 4 is 35.0 Å². The zero-order valence-electron chi connectivity index (χ0n) is 18.6. The number of ether oxygens (including phenoxy) is 1. The number of nitrogens with one attached hydrogen (secondary N) is 3. The van der Waals surface area contributed by atoms with E-state index in [4.69, 9.17) is 9.84 Å². The van der Waals surface area contributed by atoms with E-state index in [1.807, 2.05) is 0 Å². The van der Waals surface area contributed by atoms with Crippen LogP contribution in [0.1, 0.15) is 34.3 Å². The Hall–Kier alpha value is -4.13. The lowest BCUT2D eigenvalue weighted by Crippen LogP contribution is -2.53. The highest BCUT2D eigenvalue weighted by atomic mass is 19.4. The monoisotopic (exact) mass is 503 g/mol. The molecule has 2 amide bonds. The van der Waals surface area contributed by atoms with Gasteiger partial charge in [-0.15, -0.1) is 0 Å². The van der Waals surface area contributed by atoms with Crippen molar-refractivity contribution in [2.45, 2.75) is 30.8 Å². The van der Waals surface area contributed by atoms with Crippen LogP contribution in [0, 0.1) is 0 Å². The molecule has 0 aliphatic carbocycles. The number of carboxylic acid groups (broad SMARTS) is 1. The van der Waals surface area contributed by atoms with Gasteiger partial charge in [0.25, 0.3) is 5.91 Å². The zero-order chi connectivity index (χ0) is 25.7. The van der Waals surface area contributed by atoms with Gasteiger partial charge in [-0.05, 0) is 37.6 Å². The van der Waals surface area contributed by atoms with Crippen LogP contribution in [0.25, 0.3) is 11.0 Å². The van der Waals surface area contributed by atoms with Crippen molar-refractivity contribution in [3.05, 3.63) is 59.2 Å². The minimum atomic E-state index is -5.32. The predicted octanol–water partition coefficient (Wildman–Crippen LogP) is 3.17. The summed E-state index contributed by atoms with van der Waals surface area (Å²) >= 11 is 0. The molecular weight excluding hydrogens is 483 g/mol. The molecule has 0 bridgehead atoms. The Morgan fingerprint density at radius 2 is 2.03 bits per heavy atom. The topological polar surface area (TPSA) is 137 Å². The molecule has 1 saturated heterocycles. The number of esters is 1. The van der Waals surface area contributed by atoms with Gasteiger partial charge < -0.3 is 20.1 Å². The van der Waals surface area contributed by atoms with Gasteiger partial charge in [0.2, 0.25) is 11.7 Å². The Bertz CT molecular complexity index is 1370. The Balaban J connectivity index is 1.71. The van der Waals surface area contributed by atoms with Crippen molar-refractivity contribution < 1.29 is 37.4 Å². The number of H-pyrrole nitrogens is 1. The normalized spacial score (nSPS) is 21.6. The van der Waals surface area contributed by atoms with Crippen LogP contribution < -0.4 is 10.6 Å². The number of fused-ring (bicyclic) bond motifs is 2. The molecule has 2 aliphatic rings. The quantitative estimate of drug-likeness (QED) is 0.393. The van der Waals surface area contributed by atoms with E-state index in [1.54, 1.807) is 12.1 Å². The number of aromatic nitrogens is 2. The number of imidazole rings is 1. The molecule has 3 heterocycles. The molecule has 3 aromatic rings. The molecule has 2 unspecified atom stereocenters. The van der Waals surface area contributed by atoms with Gasteiger partial charge in [0, 0.05) is 29.3 Å². The third-order valence-corrected chi connectivity index (χ3v) is 6.28. The SMILES string of the molecule is O=C(O)Nc1nc2ccc(C3(OC(=O)C(F)(F)F)c4ccccc4C(=O)N3CC3CCCN3)cc2[nH]1. The molecule has 5 rings (SSSR count). The summed E-state index contributed by atoms with van der Waals surface area (Å²) in [5.41, 5.74) is -1.38. The van der Waals surface area contributed by atoms with Crippen LogP contribution in [0.15, 0.2) is 42.5 Å². The average Bonchev–Trinajstić information content (AvgIpc) is 3.52. The van der Waals surface area contributed by atoms with Crippen molar-refractivity contribution in [2.75, 3.05) is 18.4 Å². The minimum absolute atomic E-state index is 0.00845. The van der Waals surface area contributed by atoms with Crippen LogP contribution in [0.5, 0.6) is 0 Å². The summed E-state index contributed by atoms with van der Waals surface area (Å²) in [6.07, 6.45) is -5.17. The summed E-state index contributed by atoms with van der Waals surface area (Å²) in [5.74, 6) is -3.13. The maximum atomic E-state index is 13.5. The van der Waals surface area contributed by atoms with Crippen LogP contribution >= 0.6 is 0 Å². The van der Waals surface area contributed by atoms with E-state index in [-0.39, 0.29) is 40.7 Å². The first-order valence-electron chi connectivity index (χ1n) is 11.0. The van der Waals surface area contributed by atoms with E-state index in [1.165, 1.54) is 30.3 Å². The largest absolute Gasteiger partial charge is 0.491 e. The van der Waals surface area contributed by atoms with E-state index in [0.717, 1.165) is 11.3 Å². The number of carbonyl (C=O) groups is 3. The molecule has 2 atom stereocenters. The van der Waals surface area contributed by atoms with Gasteiger partial charge in [0.15, 0.2) is 0 Å². The van der Waals surface area contributed by atoms with Crippen LogP contribution in [0.4, 0.5) is 23.9 Å². The van der Waals surface area contributed by atoms with E-state index < -0.39 is 29.9 Å². The fourth-order valence-electron chi connectivity index (χ4n) is 4.80. The number of hydrogen-bond donors (Lipinski definition) is 4. The van der Waals surface area contributed by atoms with Crippen molar-refractivity contribution in [1.29, 1.82) is 0 Å². The molecule has 2 aliphatic heterocycles. The number of anilines is 1. The van der Waals surface area contributed by atoms with Gasteiger partial charge in [-0.1, -0.05) is 24.3 Å². The van der Waals surface area contributed by atoms with E-state index in [0.29, 0.717) is 18.5 Å². The molecule has 13 heteroatoms. The summed E-state index contributed by atoms with van der Waals surface area (Å²) in [7, 11) is 0. The number of amides is 2. The first-order chi connectivity index (χ1) is 17.1. The average molecular weight is 503 g/mol. The van der Waals surface area contributed by atoms with Crippen LogP contribution in [0.3, 0.4) is 0 Å². The van der Waals surface area contributed by atoms with Gasteiger partial charge in [-0.2, -0.15) is 13.2 Å². The van der Waals surface area contributed by atoms with E-state index >= 15 is 0 Å². The van der Waals surface area contributed by atoms with Crippen molar-refractivity contribution in [3.63, 3.8) is 0 Å². The van der Waals surface area contributed by atoms with Crippen LogP contribution in [0.2, 0.25) is 0 Å². The fraction of sp³-hybridized carbons (Fsp3) is 0.304. The zero-order valence-corrected chi connectivity index (χ0v) is 18.6. The molecule has 1 aromatic heterocycles. The van der Waals surface area contributed by atoms with Crippen LogP contribution in [-0.4, -0.2) is 63.3 Å². The van der Waals surface area contributed by atoms with Crippen molar-refractivity contribution in [1.82, 2.24) is 20.2 Å². The Morgan fingerprint density at radius 1 is 1.25 bits per heavy atom. The molecule has 36 heavy (non-hydrogen) atoms. The second-order valence-corrected chi connectivity index (χ2v) is 8.53. The summed E-state index contributed by atoms with van der Waals surface area (Å²) in [4.78, 5) is 44.8. The number of carbonyl (C=O) groups excluding carboxylic acids is 2. The first-order valence-corrected chi connectivity index (χ1v) is 11.0. The highest BCUT2D eigenvalue weighted by Crippen LogP contribution is 2.47. The van der Waals surface area contributed by atoms with Gasteiger partial charge >= 0.3 is 18.2 Å². The fourth-order valence-corrected chi connectivity index (χ4v) is 4.80. The molecule has 188 valence electrons. The smallest absolute Gasteiger partial charge is 0.465 e.